The molecule has 3 rings (SSSR count). The minimum Gasteiger partial charge on any atom is -0.480 e. The molecule has 154 valence electrons. The predicted molar refractivity (Wildman–Crippen MR) is 122 cm³/mol. The number of benzene rings is 3. The predicted octanol–water partition coefficient (Wildman–Crippen LogP) is 4.18. The van der Waals surface area contributed by atoms with E-state index in [1.807, 2.05) is 91.0 Å². The van der Waals surface area contributed by atoms with Gasteiger partial charge in [0.1, 0.15) is 6.04 Å². The van der Waals surface area contributed by atoms with Crippen molar-refractivity contribution >= 4 is 24.5 Å². The molecule has 0 aliphatic rings. The Kier molecular flexibility index (Phi) is 7.69. The van der Waals surface area contributed by atoms with Gasteiger partial charge in [0, 0.05) is 11.7 Å². The third-order valence-electron chi connectivity index (χ3n) is 5.13. The maximum Gasteiger partial charge on any atom is 0.327 e. The molecule has 4 nitrogen and oxygen atoms in total. The molecule has 3 aromatic carbocycles. The van der Waals surface area contributed by atoms with Gasteiger partial charge in [-0.2, -0.15) is 12.6 Å². The van der Waals surface area contributed by atoms with Gasteiger partial charge in [-0.1, -0.05) is 91.0 Å². The van der Waals surface area contributed by atoms with Gasteiger partial charge >= 0.3 is 5.97 Å². The molecule has 0 fully saturated rings. The van der Waals surface area contributed by atoms with Crippen molar-refractivity contribution in [1.29, 1.82) is 0 Å². The summed E-state index contributed by atoms with van der Waals surface area (Å²) in [6.07, 6.45) is 0.504. The smallest absolute Gasteiger partial charge is 0.327 e. The average molecular weight is 420 g/mol. The van der Waals surface area contributed by atoms with Crippen molar-refractivity contribution in [2.75, 3.05) is 5.75 Å². The highest BCUT2D eigenvalue weighted by molar-refractivity contribution is 7.80. The normalized spacial score (nSPS) is 12.9. The molecule has 0 saturated heterocycles. The van der Waals surface area contributed by atoms with Gasteiger partial charge in [0.05, 0.1) is 5.92 Å². The molecule has 3 aromatic rings. The van der Waals surface area contributed by atoms with E-state index in [-0.39, 0.29) is 5.91 Å². The maximum atomic E-state index is 13.0. The van der Waals surface area contributed by atoms with E-state index in [4.69, 9.17) is 0 Å². The lowest BCUT2D eigenvalue weighted by atomic mass is 9.84. The van der Waals surface area contributed by atoms with Crippen LogP contribution in [0.15, 0.2) is 91.0 Å². The summed E-state index contributed by atoms with van der Waals surface area (Å²) in [6, 6.07) is 27.4. The number of rotatable bonds is 9. The first-order valence-electron chi connectivity index (χ1n) is 9.88. The molecule has 2 atom stereocenters. The topological polar surface area (TPSA) is 66.4 Å². The van der Waals surface area contributed by atoms with Crippen LogP contribution in [0.3, 0.4) is 0 Å². The summed E-state index contributed by atoms with van der Waals surface area (Å²) in [5, 5.41) is 12.8. The van der Waals surface area contributed by atoms with Crippen molar-refractivity contribution < 1.29 is 14.7 Å². The van der Waals surface area contributed by atoms with E-state index in [0.717, 1.165) is 16.7 Å². The third-order valence-corrected chi connectivity index (χ3v) is 5.57. The number of nitrogens with one attached hydrogen (secondary N) is 1. The van der Waals surface area contributed by atoms with Crippen LogP contribution in [0, 0.1) is 5.92 Å². The molecule has 0 saturated carbocycles. The highest BCUT2D eigenvalue weighted by atomic mass is 32.1. The molecular weight excluding hydrogens is 394 g/mol. The first-order chi connectivity index (χ1) is 14.6. The average Bonchev–Trinajstić information content (AvgIpc) is 2.79. The second-order valence-electron chi connectivity index (χ2n) is 7.19. The molecule has 5 heteroatoms. The minimum absolute atomic E-state index is 0.307. The second-order valence-corrected chi connectivity index (χ2v) is 7.56. The van der Waals surface area contributed by atoms with Crippen molar-refractivity contribution in [3.8, 4) is 0 Å². The van der Waals surface area contributed by atoms with Gasteiger partial charge in [-0.15, -0.1) is 0 Å². The Labute approximate surface area is 182 Å². The Hall–Kier alpha value is -3.05. The molecule has 0 bridgehead atoms. The number of hydrogen-bond donors (Lipinski definition) is 3. The van der Waals surface area contributed by atoms with Crippen LogP contribution in [0.5, 0.6) is 0 Å². The second kappa shape index (κ2) is 10.6. The van der Waals surface area contributed by atoms with Gasteiger partial charge < -0.3 is 10.4 Å². The van der Waals surface area contributed by atoms with Crippen LogP contribution in [0.2, 0.25) is 0 Å². The Balaban J connectivity index is 1.88. The summed E-state index contributed by atoms with van der Waals surface area (Å²) in [7, 11) is 0. The van der Waals surface area contributed by atoms with E-state index in [9.17, 15) is 14.7 Å². The molecule has 2 N–H and O–H groups in total. The standard InChI is InChI=1S/C25H25NO3S/c27-24(21(17-30)16-18-10-4-1-5-11-18)26-23(25(28)29)22(19-12-6-2-7-13-19)20-14-8-3-9-15-20/h1-15,21-23,30H,16-17H2,(H,26,27)(H,28,29)/t21-,23?/m1/s1. The molecule has 0 heterocycles. The van der Waals surface area contributed by atoms with Gasteiger partial charge in [-0.3, -0.25) is 4.79 Å². The zero-order valence-corrected chi connectivity index (χ0v) is 17.4. The fourth-order valence-corrected chi connectivity index (χ4v) is 3.89. The van der Waals surface area contributed by atoms with Crippen molar-refractivity contribution in [3.05, 3.63) is 108 Å². The maximum absolute atomic E-state index is 13.0. The molecule has 1 unspecified atom stereocenters. The Morgan fingerprint density at radius 2 is 1.27 bits per heavy atom. The number of thiol groups is 1. The summed E-state index contributed by atoms with van der Waals surface area (Å²) in [4.78, 5) is 25.3. The number of amides is 1. The summed E-state index contributed by atoms with van der Waals surface area (Å²) < 4.78 is 0. The van der Waals surface area contributed by atoms with E-state index in [1.165, 1.54) is 0 Å². The lowest BCUT2D eigenvalue weighted by Gasteiger charge is -2.27. The zero-order chi connectivity index (χ0) is 21.3. The molecule has 0 spiro atoms. The Bertz CT molecular complexity index is 908. The minimum atomic E-state index is -1.10. The van der Waals surface area contributed by atoms with E-state index in [2.05, 4.69) is 17.9 Å². The fraction of sp³-hybridized carbons (Fsp3) is 0.200. The summed E-state index contributed by atoms with van der Waals surface area (Å²) >= 11 is 4.34. The van der Waals surface area contributed by atoms with Crippen molar-refractivity contribution in [3.63, 3.8) is 0 Å². The van der Waals surface area contributed by atoms with Gasteiger partial charge in [0.2, 0.25) is 5.91 Å². The largest absolute Gasteiger partial charge is 0.480 e. The van der Waals surface area contributed by atoms with Crippen LogP contribution < -0.4 is 5.32 Å². The van der Waals surface area contributed by atoms with Crippen molar-refractivity contribution in [2.24, 2.45) is 5.92 Å². The highest BCUT2D eigenvalue weighted by Gasteiger charge is 2.33. The van der Waals surface area contributed by atoms with Crippen LogP contribution in [0.4, 0.5) is 0 Å². The van der Waals surface area contributed by atoms with Gasteiger partial charge in [0.15, 0.2) is 0 Å². The Morgan fingerprint density at radius 3 is 1.70 bits per heavy atom. The van der Waals surface area contributed by atoms with Crippen molar-refractivity contribution in [1.82, 2.24) is 5.32 Å². The first kappa shape index (κ1) is 21.7. The number of aliphatic carboxylic acids is 1. The van der Waals surface area contributed by atoms with E-state index in [1.54, 1.807) is 0 Å². The van der Waals surface area contributed by atoms with Crippen LogP contribution in [0.1, 0.15) is 22.6 Å². The van der Waals surface area contributed by atoms with Gasteiger partial charge in [0.25, 0.3) is 0 Å². The van der Waals surface area contributed by atoms with Crippen LogP contribution in [0.25, 0.3) is 0 Å². The molecule has 0 aliphatic heterocycles. The number of carbonyl (C=O) groups is 2. The van der Waals surface area contributed by atoms with Gasteiger partial charge in [-0.25, -0.2) is 4.79 Å². The monoisotopic (exact) mass is 419 g/mol. The summed E-state index contributed by atoms with van der Waals surface area (Å²) in [5.74, 6) is -1.98. The summed E-state index contributed by atoms with van der Waals surface area (Å²) in [5.41, 5.74) is 2.69. The van der Waals surface area contributed by atoms with E-state index < -0.39 is 23.8 Å². The van der Waals surface area contributed by atoms with Crippen LogP contribution in [-0.2, 0) is 16.0 Å². The highest BCUT2D eigenvalue weighted by Crippen LogP contribution is 2.28. The Morgan fingerprint density at radius 1 is 0.800 bits per heavy atom. The SMILES string of the molecule is O=C(O)C(NC(=O)[C@@H](CS)Cc1ccccc1)C(c1ccccc1)c1ccccc1. The number of carbonyl (C=O) groups excluding carboxylic acids is 1. The van der Waals surface area contributed by atoms with Crippen LogP contribution >= 0.6 is 12.6 Å². The summed E-state index contributed by atoms with van der Waals surface area (Å²) in [6.45, 7) is 0. The first-order valence-corrected chi connectivity index (χ1v) is 10.5. The number of carboxylic acid groups (broad SMARTS) is 1. The van der Waals surface area contributed by atoms with E-state index in [0.29, 0.717) is 12.2 Å². The molecule has 0 aliphatic carbocycles. The van der Waals surface area contributed by atoms with Gasteiger partial charge in [-0.05, 0) is 23.1 Å². The number of carboxylic acids is 1. The van der Waals surface area contributed by atoms with Crippen LogP contribution in [-0.4, -0.2) is 28.8 Å². The molecule has 30 heavy (non-hydrogen) atoms. The zero-order valence-electron chi connectivity index (χ0n) is 16.5. The molecule has 1 amide bonds. The fourth-order valence-electron chi connectivity index (χ4n) is 3.60. The van der Waals surface area contributed by atoms with Crippen molar-refractivity contribution in [2.45, 2.75) is 18.4 Å². The lowest BCUT2D eigenvalue weighted by molar-refractivity contribution is -0.142. The third kappa shape index (κ3) is 5.51. The quantitative estimate of drug-likeness (QED) is 0.456. The number of hydrogen-bond acceptors (Lipinski definition) is 3. The molecular formula is C25H25NO3S. The lowest BCUT2D eigenvalue weighted by Crippen LogP contribution is -2.48. The van der Waals surface area contributed by atoms with E-state index >= 15 is 0 Å². The molecule has 0 aromatic heterocycles. The molecule has 0 radical (unpaired) electrons.